The summed E-state index contributed by atoms with van der Waals surface area (Å²) in [6, 6.07) is 10.1. The Labute approximate surface area is 196 Å². The Balaban J connectivity index is 1.30. The van der Waals surface area contributed by atoms with Crippen molar-refractivity contribution in [2.24, 2.45) is 17.8 Å². The molecule has 33 heavy (non-hydrogen) atoms. The molecule has 4 aliphatic rings. The van der Waals surface area contributed by atoms with Crippen LogP contribution in [0.3, 0.4) is 0 Å². The molecule has 6 heteroatoms. The SMILES string of the molecule is COC(=O)[C@@H]1[C@H]2CCCC[C@@H]2C=C2C[C@@H]([C@@H]3OC(C)(C)O[C@H]3COCc3ccccc3)O[C@@H]21. The second kappa shape index (κ2) is 9.49. The third-order valence-electron chi connectivity index (χ3n) is 7.67. The zero-order chi connectivity index (χ0) is 23.0. The topological polar surface area (TPSA) is 63.2 Å². The Bertz CT molecular complexity index is 865. The average molecular weight is 457 g/mol. The maximum Gasteiger partial charge on any atom is 0.311 e. The van der Waals surface area contributed by atoms with Crippen molar-refractivity contribution in [1.29, 1.82) is 0 Å². The molecule has 5 rings (SSSR count). The third kappa shape index (κ3) is 4.76. The molecule has 0 N–H and O–H groups in total. The predicted molar refractivity (Wildman–Crippen MR) is 122 cm³/mol. The van der Waals surface area contributed by atoms with Crippen LogP contribution in [0.15, 0.2) is 42.0 Å². The highest BCUT2D eigenvalue weighted by molar-refractivity contribution is 5.74. The number of ether oxygens (including phenoxy) is 5. The summed E-state index contributed by atoms with van der Waals surface area (Å²) < 4.78 is 30.4. The van der Waals surface area contributed by atoms with Crippen molar-refractivity contribution in [3.63, 3.8) is 0 Å². The van der Waals surface area contributed by atoms with Gasteiger partial charge in [-0.3, -0.25) is 4.79 Å². The number of hydrogen-bond acceptors (Lipinski definition) is 6. The third-order valence-corrected chi connectivity index (χ3v) is 7.67. The number of hydrogen-bond donors (Lipinski definition) is 0. The van der Waals surface area contributed by atoms with E-state index in [1.807, 2.05) is 32.0 Å². The number of carbonyl (C=O) groups excluding carboxylic acids is 1. The van der Waals surface area contributed by atoms with Crippen molar-refractivity contribution >= 4 is 5.97 Å². The fourth-order valence-electron chi connectivity index (χ4n) is 6.29. The molecular weight excluding hydrogens is 420 g/mol. The van der Waals surface area contributed by atoms with Gasteiger partial charge in [-0.25, -0.2) is 0 Å². The van der Waals surface area contributed by atoms with E-state index in [2.05, 4.69) is 18.2 Å². The molecular formula is C27H36O6. The van der Waals surface area contributed by atoms with E-state index in [9.17, 15) is 4.79 Å². The number of benzene rings is 1. The average Bonchev–Trinajstić information content (AvgIpc) is 3.37. The fraction of sp³-hybridized carbons (Fsp3) is 0.667. The molecule has 0 bridgehead atoms. The van der Waals surface area contributed by atoms with E-state index in [4.69, 9.17) is 23.7 Å². The van der Waals surface area contributed by atoms with Crippen LogP contribution in [0.25, 0.3) is 0 Å². The lowest BCUT2D eigenvalue weighted by atomic mass is 9.65. The van der Waals surface area contributed by atoms with Gasteiger partial charge in [-0.2, -0.15) is 0 Å². The van der Waals surface area contributed by atoms with Gasteiger partial charge in [0.1, 0.15) is 12.2 Å². The smallest absolute Gasteiger partial charge is 0.311 e. The number of carbonyl (C=O) groups is 1. The lowest BCUT2D eigenvalue weighted by molar-refractivity contribution is -0.168. The molecule has 2 heterocycles. The van der Waals surface area contributed by atoms with Crippen LogP contribution in [-0.2, 0) is 35.1 Å². The fourth-order valence-corrected chi connectivity index (χ4v) is 6.29. The molecule has 1 aromatic carbocycles. The molecule has 2 aliphatic heterocycles. The van der Waals surface area contributed by atoms with E-state index in [0.29, 0.717) is 25.0 Å². The minimum atomic E-state index is -0.702. The normalized spacial score (nSPS) is 37.2. The van der Waals surface area contributed by atoms with E-state index in [-0.39, 0.29) is 36.3 Å². The van der Waals surface area contributed by atoms with E-state index < -0.39 is 5.79 Å². The number of fused-ring (bicyclic) bond motifs is 2. The summed E-state index contributed by atoms with van der Waals surface area (Å²) in [5, 5.41) is 0. The number of allylic oxidation sites excluding steroid dienone is 1. The van der Waals surface area contributed by atoms with Gasteiger partial charge in [-0.05, 0) is 56.1 Å². The molecule has 2 aliphatic carbocycles. The van der Waals surface area contributed by atoms with Crippen molar-refractivity contribution in [3.8, 4) is 0 Å². The van der Waals surface area contributed by atoms with Gasteiger partial charge >= 0.3 is 5.97 Å². The van der Waals surface area contributed by atoms with Crippen LogP contribution in [0.2, 0.25) is 0 Å². The highest BCUT2D eigenvalue weighted by atomic mass is 16.8. The molecule has 0 spiro atoms. The lowest BCUT2D eigenvalue weighted by Crippen LogP contribution is -2.44. The van der Waals surface area contributed by atoms with E-state index in [1.54, 1.807) is 0 Å². The van der Waals surface area contributed by atoms with Crippen LogP contribution in [0.5, 0.6) is 0 Å². The highest BCUT2D eigenvalue weighted by Crippen LogP contribution is 2.49. The van der Waals surface area contributed by atoms with Gasteiger partial charge in [0.15, 0.2) is 5.79 Å². The first kappa shape index (κ1) is 23.0. The summed E-state index contributed by atoms with van der Waals surface area (Å²) in [5.74, 6) is -0.324. The second-order valence-electron chi connectivity index (χ2n) is 10.3. The van der Waals surface area contributed by atoms with Gasteiger partial charge in [-0.15, -0.1) is 0 Å². The minimum Gasteiger partial charge on any atom is -0.469 e. The van der Waals surface area contributed by atoms with Crippen LogP contribution in [0, 0.1) is 17.8 Å². The molecule has 6 nitrogen and oxygen atoms in total. The largest absolute Gasteiger partial charge is 0.469 e. The van der Waals surface area contributed by atoms with Crippen molar-refractivity contribution in [2.75, 3.05) is 13.7 Å². The molecule has 2 saturated heterocycles. The van der Waals surface area contributed by atoms with Gasteiger partial charge in [0.25, 0.3) is 0 Å². The van der Waals surface area contributed by atoms with Crippen LogP contribution >= 0.6 is 0 Å². The maximum absolute atomic E-state index is 12.8. The Morgan fingerprint density at radius 1 is 1.12 bits per heavy atom. The van der Waals surface area contributed by atoms with Crippen molar-refractivity contribution in [3.05, 3.63) is 47.5 Å². The van der Waals surface area contributed by atoms with Crippen LogP contribution in [0.1, 0.15) is 51.5 Å². The Morgan fingerprint density at radius 2 is 1.91 bits per heavy atom. The lowest BCUT2D eigenvalue weighted by Gasteiger charge is -2.41. The molecule has 0 unspecified atom stereocenters. The summed E-state index contributed by atoms with van der Waals surface area (Å²) in [6.07, 6.45) is 6.90. The quantitative estimate of drug-likeness (QED) is 0.467. The molecule has 1 saturated carbocycles. The monoisotopic (exact) mass is 456 g/mol. The molecule has 180 valence electrons. The second-order valence-corrected chi connectivity index (χ2v) is 10.3. The van der Waals surface area contributed by atoms with Gasteiger partial charge in [0.05, 0.1) is 38.4 Å². The van der Waals surface area contributed by atoms with Crippen molar-refractivity contribution in [1.82, 2.24) is 0 Å². The summed E-state index contributed by atoms with van der Waals surface area (Å²) in [6.45, 7) is 4.83. The molecule has 0 amide bonds. The van der Waals surface area contributed by atoms with Crippen LogP contribution in [-0.4, -0.2) is 49.9 Å². The maximum atomic E-state index is 12.8. The standard InChI is InChI=1S/C27H36O6/c1-27(2)32-22(16-30-15-17-9-5-4-6-10-17)25(33-27)21-14-19-13-18-11-7-8-12-20(18)23(24(19)31-21)26(28)29-3/h4-6,9-10,13,18,20-25H,7-8,11-12,14-16H2,1-3H3/t18-,20+,21+,22+,23-,24+,25+/m1/s1. The first-order valence-corrected chi connectivity index (χ1v) is 12.4. The molecule has 0 aromatic heterocycles. The molecule has 7 atom stereocenters. The van der Waals surface area contributed by atoms with Gasteiger partial charge in [0.2, 0.25) is 0 Å². The van der Waals surface area contributed by atoms with Gasteiger partial charge in [-0.1, -0.05) is 49.2 Å². The summed E-state index contributed by atoms with van der Waals surface area (Å²) >= 11 is 0. The minimum absolute atomic E-state index is 0.144. The van der Waals surface area contributed by atoms with Gasteiger partial charge < -0.3 is 23.7 Å². The number of methoxy groups -OCH3 is 1. The van der Waals surface area contributed by atoms with E-state index in [1.165, 1.54) is 25.5 Å². The van der Waals surface area contributed by atoms with Crippen molar-refractivity contribution < 1.29 is 28.5 Å². The van der Waals surface area contributed by atoms with Crippen LogP contribution in [0.4, 0.5) is 0 Å². The van der Waals surface area contributed by atoms with Gasteiger partial charge in [0, 0.05) is 0 Å². The van der Waals surface area contributed by atoms with E-state index >= 15 is 0 Å². The summed E-state index contributed by atoms with van der Waals surface area (Å²) in [4.78, 5) is 12.8. The van der Waals surface area contributed by atoms with Crippen molar-refractivity contribution in [2.45, 2.75) is 82.8 Å². The molecule has 1 aromatic rings. The predicted octanol–water partition coefficient (Wildman–Crippen LogP) is 4.42. The molecule has 3 fully saturated rings. The highest BCUT2D eigenvalue weighted by Gasteiger charge is 2.54. The Morgan fingerprint density at radius 3 is 2.70 bits per heavy atom. The number of esters is 1. The first-order valence-electron chi connectivity index (χ1n) is 12.4. The van der Waals surface area contributed by atoms with E-state index in [0.717, 1.165) is 24.8 Å². The first-order chi connectivity index (χ1) is 15.9. The summed E-state index contributed by atoms with van der Waals surface area (Å²) in [5.41, 5.74) is 2.36. The van der Waals surface area contributed by atoms with Crippen LogP contribution < -0.4 is 0 Å². The summed E-state index contributed by atoms with van der Waals surface area (Å²) in [7, 11) is 1.49. The Hall–Kier alpha value is -1.73. The zero-order valence-corrected chi connectivity index (χ0v) is 19.9. The molecule has 0 radical (unpaired) electrons. The number of rotatable bonds is 6. The zero-order valence-electron chi connectivity index (χ0n) is 19.9. The Kier molecular flexibility index (Phi) is 6.62.